The molecule has 0 radical (unpaired) electrons. The van der Waals surface area contributed by atoms with Crippen LogP contribution in [0.2, 0.25) is 5.02 Å². The Morgan fingerprint density at radius 2 is 1.63 bits per heavy atom. The van der Waals surface area contributed by atoms with E-state index < -0.39 is 34.8 Å². The van der Waals surface area contributed by atoms with Gasteiger partial charge in [0.05, 0.1) is 11.9 Å². The zero-order valence-corrected chi connectivity index (χ0v) is 25.6. The summed E-state index contributed by atoms with van der Waals surface area (Å²) < 4.78 is 54.8. The molecule has 11 heteroatoms. The van der Waals surface area contributed by atoms with Crippen molar-refractivity contribution in [2.45, 2.75) is 39.2 Å². The molecule has 0 bridgehead atoms. The van der Waals surface area contributed by atoms with Crippen LogP contribution in [0.15, 0.2) is 60.7 Å². The lowest BCUT2D eigenvalue weighted by atomic mass is 9.91. The lowest BCUT2D eigenvalue weighted by Crippen LogP contribution is -2.13. The molecule has 0 amide bonds. The Morgan fingerprint density at radius 1 is 0.935 bits per heavy atom. The number of rotatable bonds is 14. The lowest BCUT2D eigenvalue weighted by Gasteiger charge is -2.13. The largest absolute Gasteiger partial charge is 0.490 e. The number of fused-ring (bicyclic) bond motifs is 1. The van der Waals surface area contributed by atoms with Gasteiger partial charge in [0, 0.05) is 23.2 Å². The predicted molar refractivity (Wildman–Crippen MR) is 169 cm³/mol. The number of aromatic nitrogens is 1. The van der Waals surface area contributed by atoms with Crippen LogP contribution in [-0.4, -0.2) is 39.9 Å². The first-order valence-corrected chi connectivity index (χ1v) is 14.9. The number of carboxylic acids is 2. The van der Waals surface area contributed by atoms with Crippen LogP contribution in [0.4, 0.5) is 13.2 Å². The summed E-state index contributed by atoms with van der Waals surface area (Å²) >= 11 is 5.78. The van der Waals surface area contributed by atoms with Crippen molar-refractivity contribution in [1.82, 2.24) is 4.57 Å². The van der Waals surface area contributed by atoms with Crippen LogP contribution in [0.1, 0.15) is 41.6 Å². The van der Waals surface area contributed by atoms with Gasteiger partial charge in [0.15, 0.2) is 0 Å². The molecule has 5 rings (SSSR count). The van der Waals surface area contributed by atoms with E-state index in [0.29, 0.717) is 46.0 Å². The number of hydrogen-bond donors (Lipinski definition) is 2. The maximum absolute atomic E-state index is 15.4. The number of nitrogens with zero attached hydrogens (tertiary/aromatic N) is 1. The molecule has 1 saturated carbocycles. The van der Waals surface area contributed by atoms with E-state index >= 15 is 4.39 Å². The molecule has 4 aromatic rings. The van der Waals surface area contributed by atoms with Gasteiger partial charge in [-0.1, -0.05) is 35.9 Å². The van der Waals surface area contributed by atoms with E-state index in [9.17, 15) is 28.6 Å². The van der Waals surface area contributed by atoms with Gasteiger partial charge in [0.1, 0.15) is 53.7 Å². The van der Waals surface area contributed by atoms with E-state index in [1.54, 1.807) is 47.9 Å². The van der Waals surface area contributed by atoms with Crippen LogP contribution in [0, 0.1) is 29.8 Å². The van der Waals surface area contributed by atoms with Crippen LogP contribution in [-0.2, 0) is 22.6 Å². The molecule has 1 aromatic heterocycles. The minimum atomic E-state index is -1.07. The van der Waals surface area contributed by atoms with Gasteiger partial charge >= 0.3 is 11.9 Å². The Balaban J connectivity index is 1.28. The second-order valence-electron chi connectivity index (χ2n) is 11.3. The van der Waals surface area contributed by atoms with Crippen LogP contribution in [0.5, 0.6) is 11.5 Å². The first-order valence-electron chi connectivity index (χ1n) is 14.5. The molecular formula is C35H31ClF3NO6. The van der Waals surface area contributed by atoms with E-state index in [2.05, 4.69) is 0 Å². The zero-order valence-electron chi connectivity index (χ0n) is 24.9. The fraction of sp³-hybridized carbons (Fsp3) is 0.257. The van der Waals surface area contributed by atoms with Gasteiger partial charge in [-0.25, -0.2) is 13.2 Å². The van der Waals surface area contributed by atoms with Gasteiger partial charge < -0.3 is 24.3 Å². The second kappa shape index (κ2) is 13.7. The van der Waals surface area contributed by atoms with Crippen molar-refractivity contribution in [3.63, 3.8) is 0 Å². The third-order valence-electron chi connectivity index (χ3n) is 8.04. The summed E-state index contributed by atoms with van der Waals surface area (Å²) in [6.45, 7) is 1.65. The highest BCUT2D eigenvalue weighted by Crippen LogP contribution is 2.53. The fourth-order valence-corrected chi connectivity index (χ4v) is 5.72. The van der Waals surface area contributed by atoms with Gasteiger partial charge in [0.2, 0.25) is 0 Å². The molecule has 3 aromatic carbocycles. The number of benzene rings is 3. The molecule has 1 aliphatic carbocycles. The Kier molecular flexibility index (Phi) is 9.76. The smallest absolute Gasteiger partial charge is 0.323 e. The van der Waals surface area contributed by atoms with Crippen LogP contribution in [0.25, 0.3) is 23.1 Å². The molecule has 2 N–H and O–H groups in total. The van der Waals surface area contributed by atoms with Gasteiger partial charge in [-0.05, 0) is 84.7 Å². The Morgan fingerprint density at radius 3 is 2.28 bits per heavy atom. The molecule has 1 fully saturated rings. The molecule has 1 aliphatic rings. The number of carboxylic acid groups (broad SMARTS) is 2. The highest BCUT2D eigenvalue weighted by atomic mass is 35.5. The van der Waals surface area contributed by atoms with Gasteiger partial charge in [-0.2, -0.15) is 0 Å². The molecule has 1 heterocycles. The number of aliphatic carboxylic acids is 2. The Hall–Kier alpha value is -4.70. The molecular weight excluding hydrogens is 623 g/mol. The SMILES string of the molecule is Cc1c(CC2(CC(=O)O)CC2)c2c(F)ccc(/C=C/c3ccc(OC/C=C/COc4cc(F)cc(F)c4Cl)cc3)c2n1CC(=O)O. The van der Waals surface area contributed by atoms with Crippen molar-refractivity contribution >= 4 is 46.6 Å². The van der Waals surface area contributed by atoms with Gasteiger partial charge in [0.25, 0.3) is 0 Å². The van der Waals surface area contributed by atoms with E-state index in [0.717, 1.165) is 24.5 Å². The molecule has 0 unspecified atom stereocenters. The first-order chi connectivity index (χ1) is 22.0. The third-order valence-corrected chi connectivity index (χ3v) is 8.41. The van der Waals surface area contributed by atoms with E-state index in [1.165, 1.54) is 6.07 Å². The zero-order chi connectivity index (χ0) is 33.0. The first kappa shape index (κ1) is 32.7. The summed E-state index contributed by atoms with van der Waals surface area (Å²) in [5.74, 6) is -3.64. The minimum Gasteiger partial charge on any atom is -0.490 e. The molecule has 7 nitrogen and oxygen atoms in total. The number of carbonyl (C=O) groups is 2. The summed E-state index contributed by atoms with van der Waals surface area (Å²) in [6, 6.07) is 11.8. The maximum Gasteiger partial charge on any atom is 0.323 e. The van der Waals surface area contributed by atoms with E-state index in [4.69, 9.17) is 21.1 Å². The van der Waals surface area contributed by atoms with Crippen molar-refractivity contribution < 1.29 is 42.4 Å². The van der Waals surface area contributed by atoms with Crippen molar-refractivity contribution in [2.75, 3.05) is 13.2 Å². The fourth-order valence-electron chi connectivity index (χ4n) is 5.56. The standard InChI is InChI=1S/C35H31ClF3NO6/c1-21-26(18-35(12-13-35)19-30(41)42)32-27(38)11-8-23(34(32)40(21)20-31(43)44)7-4-22-5-9-25(10-6-22)45-14-2-3-15-46-29-17-24(37)16-28(39)33(29)36/h2-11,16-17H,12-15,18-20H2,1H3,(H,41,42)(H,43,44)/b3-2+,7-4+. The minimum absolute atomic E-state index is 0.0160. The molecule has 0 saturated heterocycles. The Bertz CT molecular complexity index is 1840. The van der Waals surface area contributed by atoms with Crippen molar-refractivity contribution in [3.05, 3.63) is 106 Å². The average Bonchev–Trinajstić information content (AvgIpc) is 3.70. The summed E-state index contributed by atoms with van der Waals surface area (Å²) in [5, 5.41) is 19.1. The summed E-state index contributed by atoms with van der Waals surface area (Å²) in [5.41, 5.74) is 2.73. The van der Waals surface area contributed by atoms with E-state index in [1.807, 2.05) is 18.2 Å². The predicted octanol–water partition coefficient (Wildman–Crippen LogP) is 8.09. The molecule has 46 heavy (non-hydrogen) atoms. The number of hydrogen-bond acceptors (Lipinski definition) is 4. The van der Waals surface area contributed by atoms with Crippen molar-refractivity contribution in [1.29, 1.82) is 0 Å². The summed E-state index contributed by atoms with van der Waals surface area (Å²) in [6.07, 6.45) is 8.74. The van der Waals surface area contributed by atoms with Crippen LogP contribution in [0.3, 0.4) is 0 Å². The van der Waals surface area contributed by atoms with Crippen LogP contribution >= 0.6 is 11.6 Å². The van der Waals surface area contributed by atoms with Crippen molar-refractivity contribution in [2.24, 2.45) is 5.41 Å². The lowest BCUT2D eigenvalue weighted by molar-refractivity contribution is -0.139. The third kappa shape index (κ3) is 7.56. The van der Waals surface area contributed by atoms with Crippen LogP contribution < -0.4 is 9.47 Å². The molecule has 0 aliphatic heterocycles. The highest BCUT2D eigenvalue weighted by molar-refractivity contribution is 6.32. The van der Waals surface area contributed by atoms with Crippen molar-refractivity contribution in [3.8, 4) is 11.5 Å². The quantitative estimate of drug-likeness (QED) is 0.0811. The second-order valence-corrected chi connectivity index (χ2v) is 11.7. The monoisotopic (exact) mass is 653 g/mol. The Labute approximate surface area is 268 Å². The summed E-state index contributed by atoms with van der Waals surface area (Å²) in [7, 11) is 0. The van der Waals surface area contributed by atoms with E-state index in [-0.39, 0.29) is 37.0 Å². The molecule has 0 spiro atoms. The van der Waals surface area contributed by atoms with Gasteiger partial charge in [-0.15, -0.1) is 0 Å². The topological polar surface area (TPSA) is 98.0 Å². The maximum atomic E-state index is 15.4. The molecule has 0 atom stereocenters. The average molecular weight is 654 g/mol. The normalized spacial score (nSPS) is 13.9. The number of ether oxygens (including phenoxy) is 2. The van der Waals surface area contributed by atoms with Gasteiger partial charge in [-0.3, -0.25) is 9.59 Å². The number of halogens is 4. The summed E-state index contributed by atoms with van der Waals surface area (Å²) in [4.78, 5) is 23.2. The highest BCUT2D eigenvalue weighted by Gasteiger charge is 2.45. The molecule has 240 valence electrons.